The third-order valence-corrected chi connectivity index (χ3v) is 4.54. The van der Waals surface area contributed by atoms with E-state index < -0.39 is 5.54 Å². The second kappa shape index (κ2) is 8.82. The van der Waals surface area contributed by atoms with Crippen molar-refractivity contribution in [3.8, 4) is 0 Å². The molecule has 0 radical (unpaired) electrons. The summed E-state index contributed by atoms with van der Waals surface area (Å²) < 4.78 is 0. The molecule has 0 heterocycles. The van der Waals surface area contributed by atoms with Gasteiger partial charge in [0.2, 0.25) is 0 Å². The summed E-state index contributed by atoms with van der Waals surface area (Å²) in [5, 5.41) is 3.03. The van der Waals surface area contributed by atoms with Crippen molar-refractivity contribution in [1.82, 2.24) is 5.32 Å². The number of carbonyl (C=O) groups excluding carboxylic acids is 2. The van der Waals surface area contributed by atoms with Crippen LogP contribution in [0.2, 0.25) is 0 Å². The highest BCUT2D eigenvalue weighted by Crippen LogP contribution is 2.18. The average Bonchev–Trinajstić information content (AvgIpc) is 2.67. The number of carbonyl (C=O) groups is 2. The van der Waals surface area contributed by atoms with Gasteiger partial charge in [-0.3, -0.25) is 9.59 Å². The summed E-state index contributed by atoms with van der Waals surface area (Å²) in [6.07, 6.45) is 0.782. The molecule has 1 unspecified atom stereocenters. The molecular weight excluding hydrogens is 338 g/mol. The van der Waals surface area contributed by atoms with Gasteiger partial charge in [-0.25, -0.2) is 0 Å². The first-order valence-electron chi connectivity index (χ1n) is 9.21. The molecule has 2 rings (SSSR count). The van der Waals surface area contributed by atoms with E-state index in [1.807, 2.05) is 37.3 Å². The molecule has 144 valence electrons. The van der Waals surface area contributed by atoms with Crippen LogP contribution in [0.25, 0.3) is 0 Å². The van der Waals surface area contributed by atoms with Gasteiger partial charge >= 0.3 is 0 Å². The third-order valence-electron chi connectivity index (χ3n) is 4.54. The van der Waals surface area contributed by atoms with Crippen LogP contribution in [-0.2, 0) is 0 Å². The maximum Gasteiger partial charge on any atom is 0.258 e. The van der Waals surface area contributed by atoms with E-state index in [4.69, 9.17) is 5.73 Å². The van der Waals surface area contributed by atoms with Gasteiger partial charge in [-0.2, -0.15) is 0 Å². The van der Waals surface area contributed by atoms with Crippen LogP contribution in [0.5, 0.6) is 0 Å². The van der Waals surface area contributed by atoms with Crippen molar-refractivity contribution in [3.63, 3.8) is 0 Å². The SMILES string of the molecule is CC(C)CC(C)(CN)NC(=O)c1cccc(C(=O)N(C)c2ccccc2)c1. The zero-order valence-corrected chi connectivity index (χ0v) is 16.5. The molecular formula is C22H29N3O2. The lowest BCUT2D eigenvalue weighted by Crippen LogP contribution is -2.52. The van der Waals surface area contributed by atoms with Crippen molar-refractivity contribution in [1.29, 1.82) is 0 Å². The highest BCUT2D eigenvalue weighted by atomic mass is 16.2. The minimum absolute atomic E-state index is 0.167. The number of nitrogens with two attached hydrogens (primary N) is 1. The van der Waals surface area contributed by atoms with Crippen LogP contribution in [0.1, 0.15) is 47.9 Å². The van der Waals surface area contributed by atoms with E-state index in [0.29, 0.717) is 23.6 Å². The molecule has 5 nitrogen and oxygen atoms in total. The Morgan fingerprint density at radius 3 is 2.30 bits per heavy atom. The Bertz CT molecular complexity index is 789. The van der Waals surface area contributed by atoms with Gasteiger partial charge in [-0.05, 0) is 49.6 Å². The number of rotatable bonds is 7. The molecule has 0 saturated heterocycles. The lowest BCUT2D eigenvalue weighted by molar-refractivity contribution is 0.0898. The van der Waals surface area contributed by atoms with Crippen LogP contribution < -0.4 is 16.0 Å². The van der Waals surface area contributed by atoms with Gasteiger partial charge < -0.3 is 16.0 Å². The van der Waals surface area contributed by atoms with Crippen LogP contribution in [0, 0.1) is 5.92 Å². The highest BCUT2D eigenvalue weighted by molar-refractivity contribution is 6.07. The molecule has 0 aliphatic carbocycles. The monoisotopic (exact) mass is 367 g/mol. The Morgan fingerprint density at radius 1 is 1.07 bits per heavy atom. The van der Waals surface area contributed by atoms with E-state index in [1.54, 1.807) is 36.2 Å². The molecule has 2 aromatic carbocycles. The molecule has 2 amide bonds. The quantitative estimate of drug-likeness (QED) is 0.787. The van der Waals surface area contributed by atoms with Crippen LogP contribution in [-0.4, -0.2) is 30.9 Å². The van der Waals surface area contributed by atoms with Crippen LogP contribution >= 0.6 is 0 Å². The van der Waals surface area contributed by atoms with E-state index in [2.05, 4.69) is 19.2 Å². The lowest BCUT2D eigenvalue weighted by Gasteiger charge is -2.31. The first-order chi connectivity index (χ1) is 12.8. The maximum atomic E-state index is 12.8. The molecule has 0 aromatic heterocycles. The molecule has 3 N–H and O–H groups in total. The molecule has 5 heteroatoms. The molecule has 1 atom stereocenters. The molecule has 2 aromatic rings. The summed E-state index contributed by atoms with van der Waals surface area (Å²) in [5.74, 6) is 0.0199. The van der Waals surface area contributed by atoms with Gasteiger partial charge in [0.15, 0.2) is 0 Å². The Morgan fingerprint density at radius 2 is 1.70 bits per heavy atom. The average molecular weight is 367 g/mol. The Kier molecular flexibility index (Phi) is 6.75. The minimum atomic E-state index is -0.480. The smallest absolute Gasteiger partial charge is 0.258 e. The molecule has 27 heavy (non-hydrogen) atoms. The predicted molar refractivity (Wildman–Crippen MR) is 110 cm³/mol. The van der Waals surface area contributed by atoms with Crippen LogP contribution in [0.4, 0.5) is 5.69 Å². The number of nitrogens with zero attached hydrogens (tertiary/aromatic N) is 1. The number of hydrogen-bond acceptors (Lipinski definition) is 3. The lowest BCUT2D eigenvalue weighted by atomic mass is 9.90. The van der Waals surface area contributed by atoms with E-state index in [9.17, 15) is 9.59 Å². The summed E-state index contributed by atoms with van der Waals surface area (Å²) in [6.45, 7) is 6.49. The fraction of sp³-hybridized carbons (Fsp3) is 0.364. The normalized spacial score (nSPS) is 13.1. The molecule has 0 aliphatic rings. The predicted octanol–water partition coefficient (Wildman–Crippen LogP) is 3.46. The zero-order chi connectivity index (χ0) is 20.0. The molecule has 0 spiro atoms. The number of para-hydroxylation sites is 1. The van der Waals surface area contributed by atoms with Crippen molar-refractivity contribution in [2.45, 2.75) is 32.7 Å². The number of nitrogens with one attached hydrogen (secondary N) is 1. The topological polar surface area (TPSA) is 75.4 Å². The third kappa shape index (κ3) is 5.41. The van der Waals surface area contributed by atoms with Gasteiger partial charge in [0.1, 0.15) is 0 Å². The van der Waals surface area contributed by atoms with Crippen LogP contribution in [0.3, 0.4) is 0 Å². The van der Waals surface area contributed by atoms with Gasteiger partial charge in [-0.1, -0.05) is 38.1 Å². The summed E-state index contributed by atoms with van der Waals surface area (Å²) in [4.78, 5) is 27.1. The van der Waals surface area contributed by atoms with Crippen molar-refractivity contribution < 1.29 is 9.59 Å². The molecule has 0 aliphatic heterocycles. The van der Waals surface area contributed by atoms with Crippen molar-refractivity contribution >= 4 is 17.5 Å². The number of benzene rings is 2. The van der Waals surface area contributed by atoms with Gasteiger partial charge in [0.05, 0.1) is 0 Å². The van der Waals surface area contributed by atoms with Crippen molar-refractivity contribution in [2.24, 2.45) is 11.7 Å². The maximum absolute atomic E-state index is 12.8. The molecule has 0 bridgehead atoms. The van der Waals surface area contributed by atoms with E-state index in [1.165, 1.54) is 0 Å². The Hall–Kier alpha value is -2.66. The second-order valence-corrected chi connectivity index (χ2v) is 7.60. The minimum Gasteiger partial charge on any atom is -0.346 e. The van der Waals surface area contributed by atoms with Gasteiger partial charge in [0.25, 0.3) is 11.8 Å². The zero-order valence-electron chi connectivity index (χ0n) is 16.5. The standard InChI is InChI=1S/C22H29N3O2/c1-16(2)14-22(3,15-23)24-20(26)17-9-8-10-18(13-17)21(27)25(4)19-11-6-5-7-12-19/h5-13,16H,14-15,23H2,1-4H3,(H,24,26). The first-order valence-corrected chi connectivity index (χ1v) is 9.21. The van der Waals surface area contributed by atoms with Gasteiger partial charge in [0, 0.05) is 35.9 Å². The highest BCUT2D eigenvalue weighted by Gasteiger charge is 2.26. The number of hydrogen-bond donors (Lipinski definition) is 2. The fourth-order valence-electron chi connectivity index (χ4n) is 3.19. The molecule has 0 saturated carbocycles. The molecule has 0 fully saturated rings. The summed E-state index contributed by atoms with van der Waals surface area (Å²) >= 11 is 0. The Labute approximate surface area is 161 Å². The Balaban J connectivity index is 2.19. The second-order valence-electron chi connectivity index (χ2n) is 7.60. The van der Waals surface area contributed by atoms with E-state index in [-0.39, 0.29) is 11.8 Å². The number of anilines is 1. The van der Waals surface area contributed by atoms with Gasteiger partial charge in [-0.15, -0.1) is 0 Å². The summed E-state index contributed by atoms with van der Waals surface area (Å²) in [6, 6.07) is 16.2. The summed E-state index contributed by atoms with van der Waals surface area (Å²) in [5.41, 5.74) is 7.12. The number of amides is 2. The van der Waals surface area contributed by atoms with Crippen molar-refractivity contribution in [2.75, 3.05) is 18.5 Å². The van der Waals surface area contributed by atoms with Crippen LogP contribution in [0.15, 0.2) is 54.6 Å². The van der Waals surface area contributed by atoms with E-state index >= 15 is 0 Å². The fourth-order valence-corrected chi connectivity index (χ4v) is 3.19. The van der Waals surface area contributed by atoms with E-state index in [0.717, 1.165) is 12.1 Å². The largest absolute Gasteiger partial charge is 0.346 e. The summed E-state index contributed by atoms with van der Waals surface area (Å²) in [7, 11) is 1.72. The first kappa shape index (κ1) is 20.6. The van der Waals surface area contributed by atoms with Crippen molar-refractivity contribution in [3.05, 3.63) is 65.7 Å².